The predicted octanol–water partition coefficient (Wildman–Crippen LogP) is 5.38. The van der Waals surface area contributed by atoms with E-state index in [2.05, 4.69) is 0 Å². The van der Waals surface area contributed by atoms with Gasteiger partial charge in [-0.1, -0.05) is 34.8 Å². The minimum Gasteiger partial charge on any atom is -0.126 e. The third kappa shape index (κ3) is 3.64. The van der Waals surface area contributed by atoms with Gasteiger partial charge in [-0.2, -0.15) is 0 Å². The van der Waals surface area contributed by atoms with Crippen LogP contribution < -0.4 is 0 Å². The number of rotatable bonds is 2. The van der Waals surface area contributed by atoms with Gasteiger partial charge in [0.1, 0.15) is 0 Å². The second-order valence-electron chi connectivity index (χ2n) is 2.61. The van der Waals surface area contributed by atoms with E-state index >= 15 is 0 Å². The highest BCUT2D eigenvalue weighted by atomic mass is 35.8. The standard InChI is InChI=1S/C7H4Cl6Si/c8-5-1-2-6(9)7(10)4(5)3-14(11,12)13/h1-2H,3H2. The van der Waals surface area contributed by atoms with Gasteiger partial charge in [0.2, 0.25) is 0 Å². The summed E-state index contributed by atoms with van der Waals surface area (Å²) in [6.07, 6.45) is 0. The summed E-state index contributed by atoms with van der Waals surface area (Å²) in [5.41, 5.74) is 0.604. The van der Waals surface area contributed by atoms with E-state index in [0.29, 0.717) is 20.6 Å². The van der Waals surface area contributed by atoms with Gasteiger partial charge in [-0.05, 0) is 17.7 Å². The molecule has 7 heteroatoms. The second-order valence-corrected chi connectivity index (χ2v) is 12.9. The Morgan fingerprint density at radius 3 is 1.93 bits per heavy atom. The summed E-state index contributed by atoms with van der Waals surface area (Å²) >= 11 is 35.0. The van der Waals surface area contributed by atoms with Crippen molar-refractivity contribution in [1.82, 2.24) is 0 Å². The summed E-state index contributed by atoms with van der Waals surface area (Å²) in [7, 11) is 0. The molecule has 0 aliphatic heterocycles. The zero-order valence-electron chi connectivity index (χ0n) is 6.63. The van der Waals surface area contributed by atoms with Gasteiger partial charge >= 0.3 is 6.00 Å². The van der Waals surface area contributed by atoms with Crippen LogP contribution in [0, 0.1) is 0 Å². The van der Waals surface area contributed by atoms with Gasteiger partial charge in [0.05, 0.1) is 10.0 Å². The Balaban J connectivity index is 3.13. The van der Waals surface area contributed by atoms with Gasteiger partial charge in [0.25, 0.3) is 0 Å². The molecule has 1 aromatic carbocycles. The maximum absolute atomic E-state index is 5.93. The molecule has 0 atom stereocenters. The molecule has 0 saturated carbocycles. The van der Waals surface area contributed by atoms with Crippen LogP contribution in [0.1, 0.15) is 5.56 Å². The Bertz CT molecular complexity index is 345. The molecule has 0 amide bonds. The van der Waals surface area contributed by atoms with Crippen LogP contribution >= 0.6 is 68.0 Å². The van der Waals surface area contributed by atoms with Gasteiger partial charge < -0.3 is 0 Å². The molecular weight excluding hydrogens is 325 g/mol. The normalized spacial score (nSPS) is 11.9. The molecule has 0 aromatic heterocycles. The smallest absolute Gasteiger partial charge is 0.126 e. The molecule has 0 aliphatic rings. The quantitative estimate of drug-likeness (QED) is 0.388. The topological polar surface area (TPSA) is 0 Å². The lowest BCUT2D eigenvalue weighted by Gasteiger charge is -2.11. The number of benzene rings is 1. The summed E-state index contributed by atoms with van der Waals surface area (Å²) in [5.74, 6) is 0. The number of hydrogen-bond donors (Lipinski definition) is 0. The molecule has 0 saturated heterocycles. The molecular formula is C7H4Cl6Si. The first-order chi connectivity index (χ1) is 6.31. The van der Waals surface area contributed by atoms with E-state index in [4.69, 9.17) is 68.0 Å². The van der Waals surface area contributed by atoms with Crippen molar-refractivity contribution in [2.75, 3.05) is 0 Å². The van der Waals surface area contributed by atoms with E-state index in [1.54, 1.807) is 12.1 Å². The van der Waals surface area contributed by atoms with E-state index in [9.17, 15) is 0 Å². The molecule has 0 spiro atoms. The molecule has 1 rings (SSSR count). The fourth-order valence-electron chi connectivity index (χ4n) is 0.932. The van der Waals surface area contributed by atoms with E-state index in [-0.39, 0.29) is 6.04 Å². The SMILES string of the molecule is Clc1ccc(Cl)c(C[Si](Cl)(Cl)Cl)c1Cl. The van der Waals surface area contributed by atoms with Crippen molar-refractivity contribution >= 4 is 74.0 Å². The van der Waals surface area contributed by atoms with Crippen molar-refractivity contribution in [1.29, 1.82) is 0 Å². The highest BCUT2D eigenvalue weighted by Crippen LogP contribution is 2.36. The number of hydrogen-bond acceptors (Lipinski definition) is 0. The minimum atomic E-state index is -2.79. The zero-order chi connectivity index (χ0) is 10.9. The molecule has 1 aromatic rings. The highest BCUT2D eigenvalue weighted by Gasteiger charge is 2.28. The molecule has 0 heterocycles. The van der Waals surface area contributed by atoms with Crippen LogP contribution in [0.4, 0.5) is 0 Å². The van der Waals surface area contributed by atoms with Crippen molar-refractivity contribution in [3.05, 3.63) is 32.8 Å². The largest absolute Gasteiger partial charge is 0.345 e. The Morgan fingerprint density at radius 1 is 0.929 bits per heavy atom. The van der Waals surface area contributed by atoms with Crippen LogP contribution in [0.3, 0.4) is 0 Å². The molecule has 0 radical (unpaired) electrons. The average Bonchev–Trinajstić information content (AvgIpc) is 2.04. The average molecular weight is 329 g/mol. The highest BCUT2D eigenvalue weighted by molar-refractivity contribution is 7.64. The van der Waals surface area contributed by atoms with Crippen molar-refractivity contribution < 1.29 is 0 Å². The minimum absolute atomic E-state index is 0.260. The fraction of sp³-hybridized carbons (Fsp3) is 0.143. The van der Waals surface area contributed by atoms with Crippen LogP contribution in [-0.4, -0.2) is 6.00 Å². The summed E-state index contributed by atoms with van der Waals surface area (Å²) in [6.45, 7) is 0. The van der Waals surface area contributed by atoms with E-state index in [1.165, 1.54) is 0 Å². The van der Waals surface area contributed by atoms with Crippen molar-refractivity contribution in [3.63, 3.8) is 0 Å². The molecule has 14 heavy (non-hydrogen) atoms. The van der Waals surface area contributed by atoms with Gasteiger partial charge in [0, 0.05) is 11.1 Å². The Labute approximate surface area is 112 Å². The lowest BCUT2D eigenvalue weighted by Crippen LogP contribution is -2.15. The summed E-state index contributed by atoms with van der Waals surface area (Å²) in [5, 5.41) is 1.24. The van der Waals surface area contributed by atoms with Crippen LogP contribution in [0.2, 0.25) is 15.1 Å². The molecule has 78 valence electrons. The maximum atomic E-state index is 5.93. The van der Waals surface area contributed by atoms with Crippen LogP contribution in [-0.2, 0) is 6.04 Å². The van der Waals surface area contributed by atoms with Crippen LogP contribution in [0.25, 0.3) is 0 Å². The first kappa shape index (κ1) is 13.2. The van der Waals surface area contributed by atoms with Gasteiger partial charge in [-0.3, -0.25) is 0 Å². The molecule has 0 bridgehead atoms. The van der Waals surface area contributed by atoms with Crippen molar-refractivity contribution in [2.45, 2.75) is 6.04 Å². The number of halogens is 6. The fourth-order valence-corrected chi connectivity index (χ4v) is 3.81. The molecule has 0 aliphatic carbocycles. The predicted molar refractivity (Wildman–Crippen MR) is 68.5 cm³/mol. The van der Waals surface area contributed by atoms with Crippen LogP contribution in [0.5, 0.6) is 0 Å². The Kier molecular flexibility index (Phi) is 4.73. The Morgan fingerprint density at radius 2 is 1.43 bits per heavy atom. The van der Waals surface area contributed by atoms with E-state index in [1.807, 2.05) is 0 Å². The van der Waals surface area contributed by atoms with Crippen molar-refractivity contribution in [3.8, 4) is 0 Å². The Hall–Kier alpha value is 1.18. The molecule has 0 unspecified atom stereocenters. The lowest BCUT2D eigenvalue weighted by atomic mass is 10.2. The lowest BCUT2D eigenvalue weighted by molar-refractivity contribution is 1.38. The molecule has 0 N–H and O–H groups in total. The maximum Gasteiger partial charge on any atom is 0.345 e. The first-order valence-electron chi connectivity index (χ1n) is 3.50. The van der Waals surface area contributed by atoms with E-state index in [0.717, 1.165) is 0 Å². The summed E-state index contributed by atoms with van der Waals surface area (Å²) in [4.78, 5) is 0. The summed E-state index contributed by atoms with van der Waals surface area (Å²) in [6, 6.07) is 0.707. The monoisotopic (exact) mass is 326 g/mol. The third-order valence-corrected chi connectivity index (χ3v) is 4.67. The van der Waals surface area contributed by atoms with Gasteiger partial charge in [-0.25, -0.2) is 0 Å². The van der Waals surface area contributed by atoms with Gasteiger partial charge in [-0.15, -0.1) is 33.2 Å². The molecule has 0 nitrogen and oxygen atoms in total. The third-order valence-electron chi connectivity index (χ3n) is 1.52. The zero-order valence-corrected chi connectivity index (χ0v) is 12.2. The van der Waals surface area contributed by atoms with Crippen molar-refractivity contribution in [2.24, 2.45) is 0 Å². The van der Waals surface area contributed by atoms with E-state index < -0.39 is 6.00 Å². The van der Waals surface area contributed by atoms with Gasteiger partial charge in [0.15, 0.2) is 0 Å². The summed E-state index contributed by atoms with van der Waals surface area (Å²) < 4.78 is 0. The second kappa shape index (κ2) is 5.01. The first-order valence-corrected chi connectivity index (χ1v) is 9.88. The molecule has 0 fully saturated rings. The van der Waals surface area contributed by atoms with Crippen LogP contribution in [0.15, 0.2) is 12.1 Å².